The highest BCUT2D eigenvalue weighted by Gasteiger charge is 2.14. The third kappa shape index (κ3) is 5.47. The summed E-state index contributed by atoms with van der Waals surface area (Å²) in [7, 11) is 0. The molecular weight excluding hydrogens is 196 g/mol. The highest BCUT2D eigenvalue weighted by Crippen LogP contribution is 2.19. The van der Waals surface area contributed by atoms with E-state index in [2.05, 4.69) is 9.78 Å². The van der Waals surface area contributed by atoms with Crippen molar-refractivity contribution >= 4 is 0 Å². The Labute approximate surface area is 91.1 Å². The molecule has 0 radical (unpaired) electrons. The van der Waals surface area contributed by atoms with Crippen LogP contribution in [0, 0.1) is 0 Å². The maximum atomic E-state index is 8.19. The molecule has 2 aliphatic rings. The normalized spacial score (nSPS) is 23.6. The van der Waals surface area contributed by atoms with Crippen molar-refractivity contribution < 1.29 is 20.3 Å². The zero-order valence-electron chi connectivity index (χ0n) is 9.23. The molecule has 2 fully saturated rings. The van der Waals surface area contributed by atoms with E-state index in [9.17, 15) is 0 Å². The maximum Gasteiger partial charge on any atom is 0.0927 e. The molecule has 0 bridgehead atoms. The summed E-state index contributed by atoms with van der Waals surface area (Å²) in [5.41, 5.74) is 0. The first-order valence-electron chi connectivity index (χ1n) is 5.97. The van der Waals surface area contributed by atoms with Crippen LogP contribution in [0.3, 0.4) is 0 Å². The molecule has 0 spiro atoms. The molecule has 0 aromatic rings. The molecule has 4 heteroatoms. The molecule has 2 aliphatic carbocycles. The fraction of sp³-hybridized carbons (Fsp3) is 1.00. The van der Waals surface area contributed by atoms with Gasteiger partial charge in [-0.1, -0.05) is 32.1 Å². The van der Waals surface area contributed by atoms with Gasteiger partial charge in [0.15, 0.2) is 0 Å². The van der Waals surface area contributed by atoms with Crippen molar-refractivity contribution in [3.05, 3.63) is 0 Å². The molecule has 2 N–H and O–H groups in total. The molecule has 0 aliphatic heterocycles. The van der Waals surface area contributed by atoms with Gasteiger partial charge >= 0.3 is 0 Å². The molecule has 0 unspecified atom stereocenters. The van der Waals surface area contributed by atoms with Crippen LogP contribution in [0.5, 0.6) is 0 Å². The van der Waals surface area contributed by atoms with E-state index in [-0.39, 0.29) is 12.2 Å². The summed E-state index contributed by atoms with van der Waals surface area (Å²) in [6.45, 7) is 0. The van der Waals surface area contributed by atoms with Gasteiger partial charge in [-0.15, -0.1) is 0 Å². The molecule has 0 saturated heterocycles. The fourth-order valence-corrected chi connectivity index (χ4v) is 2.16. The third-order valence-electron chi connectivity index (χ3n) is 3.15. The summed E-state index contributed by atoms with van der Waals surface area (Å²) < 4.78 is 0. The van der Waals surface area contributed by atoms with E-state index in [0.717, 1.165) is 25.7 Å². The Morgan fingerprint density at radius 3 is 1.20 bits per heavy atom. The summed E-state index contributed by atoms with van der Waals surface area (Å²) in [6, 6.07) is 0. The minimum atomic E-state index is 0.142. The Morgan fingerprint density at radius 2 is 0.933 bits per heavy atom. The lowest BCUT2D eigenvalue weighted by atomic mass is 9.98. The van der Waals surface area contributed by atoms with Crippen LogP contribution in [0.15, 0.2) is 0 Å². The molecule has 15 heavy (non-hydrogen) atoms. The molecule has 2 rings (SSSR count). The van der Waals surface area contributed by atoms with Gasteiger partial charge in [-0.3, -0.25) is 10.5 Å². The van der Waals surface area contributed by atoms with Crippen LogP contribution in [-0.2, 0) is 9.78 Å². The van der Waals surface area contributed by atoms with Crippen LogP contribution in [0.4, 0.5) is 0 Å². The Morgan fingerprint density at radius 1 is 0.600 bits per heavy atom. The smallest absolute Gasteiger partial charge is 0.0927 e. The average Bonchev–Trinajstić information content (AvgIpc) is 2.84. The number of rotatable bonds is 2. The first-order valence-corrected chi connectivity index (χ1v) is 5.97. The van der Waals surface area contributed by atoms with E-state index >= 15 is 0 Å². The first-order chi connectivity index (χ1) is 7.36. The van der Waals surface area contributed by atoms with Gasteiger partial charge < -0.3 is 0 Å². The van der Waals surface area contributed by atoms with Crippen LogP contribution < -0.4 is 0 Å². The quantitative estimate of drug-likeness (QED) is 0.552. The Balaban J connectivity index is 0.000000151. The van der Waals surface area contributed by atoms with Crippen molar-refractivity contribution in [2.75, 3.05) is 0 Å². The predicted molar refractivity (Wildman–Crippen MR) is 56.6 cm³/mol. The van der Waals surface area contributed by atoms with Crippen LogP contribution >= 0.6 is 0 Å². The standard InChI is InChI=1S/C6H12O2.C5H10O2/c7-8-6-4-2-1-3-5-6;6-7-5-3-1-2-4-5/h6-7H,1-5H2;5-6H,1-4H2. The molecule has 0 atom stereocenters. The summed E-state index contributed by atoms with van der Waals surface area (Å²) in [5, 5.41) is 16.3. The average molecular weight is 218 g/mol. The van der Waals surface area contributed by atoms with Gasteiger partial charge in [-0.2, -0.15) is 0 Å². The molecule has 0 aromatic carbocycles. The Hall–Kier alpha value is -0.160. The van der Waals surface area contributed by atoms with Crippen LogP contribution in [0.2, 0.25) is 0 Å². The third-order valence-corrected chi connectivity index (χ3v) is 3.15. The van der Waals surface area contributed by atoms with Gasteiger partial charge in [0.25, 0.3) is 0 Å². The molecule has 2 saturated carbocycles. The van der Waals surface area contributed by atoms with E-state index in [4.69, 9.17) is 10.5 Å². The lowest BCUT2D eigenvalue weighted by molar-refractivity contribution is -0.283. The van der Waals surface area contributed by atoms with E-state index in [1.54, 1.807) is 0 Å². The van der Waals surface area contributed by atoms with Crippen molar-refractivity contribution in [2.24, 2.45) is 0 Å². The molecule has 4 nitrogen and oxygen atoms in total. The topological polar surface area (TPSA) is 58.9 Å². The maximum absolute atomic E-state index is 8.19. The second kappa shape index (κ2) is 8.05. The lowest BCUT2D eigenvalue weighted by Gasteiger charge is -2.17. The largest absolute Gasteiger partial charge is 0.252 e. The highest BCUT2D eigenvalue weighted by atomic mass is 17.1. The van der Waals surface area contributed by atoms with E-state index in [1.165, 1.54) is 32.1 Å². The van der Waals surface area contributed by atoms with Crippen molar-refractivity contribution in [2.45, 2.75) is 70.0 Å². The lowest BCUT2D eigenvalue weighted by Crippen LogP contribution is -2.14. The predicted octanol–water partition coefficient (Wildman–Crippen LogP) is 3.23. The van der Waals surface area contributed by atoms with Gasteiger partial charge in [-0.25, -0.2) is 9.78 Å². The number of hydrogen-bond donors (Lipinski definition) is 2. The molecule has 0 amide bonds. The van der Waals surface area contributed by atoms with Crippen LogP contribution in [-0.4, -0.2) is 22.7 Å². The van der Waals surface area contributed by atoms with Gasteiger partial charge in [0.2, 0.25) is 0 Å². The fourth-order valence-electron chi connectivity index (χ4n) is 2.16. The van der Waals surface area contributed by atoms with E-state index in [0.29, 0.717) is 0 Å². The number of hydrogen-bond acceptors (Lipinski definition) is 4. The highest BCUT2D eigenvalue weighted by molar-refractivity contribution is 4.64. The van der Waals surface area contributed by atoms with Crippen LogP contribution in [0.25, 0.3) is 0 Å². The summed E-state index contributed by atoms with van der Waals surface area (Å²) in [5.74, 6) is 0. The second-order valence-electron chi connectivity index (χ2n) is 4.38. The van der Waals surface area contributed by atoms with Gasteiger partial charge in [0, 0.05) is 0 Å². The Bertz CT molecular complexity index is 140. The van der Waals surface area contributed by atoms with Crippen molar-refractivity contribution in [1.82, 2.24) is 0 Å². The van der Waals surface area contributed by atoms with Crippen molar-refractivity contribution in [1.29, 1.82) is 0 Å². The molecular formula is C11H22O4. The SMILES string of the molecule is OOC1CCCC1.OOC1CCCCC1. The zero-order chi connectivity index (χ0) is 10.9. The van der Waals surface area contributed by atoms with E-state index < -0.39 is 0 Å². The Kier molecular flexibility index (Phi) is 6.92. The minimum Gasteiger partial charge on any atom is -0.252 e. The van der Waals surface area contributed by atoms with Crippen molar-refractivity contribution in [3.8, 4) is 0 Å². The summed E-state index contributed by atoms with van der Waals surface area (Å²) in [6.07, 6.45) is 10.6. The summed E-state index contributed by atoms with van der Waals surface area (Å²) >= 11 is 0. The monoisotopic (exact) mass is 218 g/mol. The minimum absolute atomic E-state index is 0.142. The first kappa shape index (κ1) is 12.9. The van der Waals surface area contributed by atoms with Gasteiger partial charge in [0.05, 0.1) is 12.2 Å². The van der Waals surface area contributed by atoms with Crippen LogP contribution in [0.1, 0.15) is 57.8 Å². The van der Waals surface area contributed by atoms with Crippen molar-refractivity contribution in [3.63, 3.8) is 0 Å². The summed E-state index contributed by atoms with van der Waals surface area (Å²) in [4.78, 5) is 8.30. The van der Waals surface area contributed by atoms with Gasteiger partial charge in [0.1, 0.15) is 0 Å². The molecule has 90 valence electrons. The zero-order valence-corrected chi connectivity index (χ0v) is 9.23. The molecule has 0 heterocycles. The van der Waals surface area contributed by atoms with Gasteiger partial charge in [-0.05, 0) is 25.7 Å². The van der Waals surface area contributed by atoms with E-state index in [1.807, 2.05) is 0 Å². The second-order valence-corrected chi connectivity index (χ2v) is 4.38. The molecule has 0 aromatic heterocycles.